The molecule has 0 aliphatic heterocycles. The number of carboxylic acid groups (broad SMARTS) is 1. The maximum Gasteiger partial charge on any atom is 0.332 e. The molecule has 1 unspecified atom stereocenters. The van der Waals surface area contributed by atoms with Crippen molar-refractivity contribution < 1.29 is 22.7 Å². The van der Waals surface area contributed by atoms with Crippen LogP contribution < -0.4 is 0 Å². The predicted octanol–water partition coefficient (Wildman–Crippen LogP) is 3.74. The molecule has 23 heavy (non-hydrogen) atoms. The predicted molar refractivity (Wildman–Crippen MR) is 86.6 cm³/mol. The van der Waals surface area contributed by atoms with E-state index in [1.165, 1.54) is 6.07 Å². The number of aliphatic carboxylic acids is 1. The molecular formula is C16H18ClFO4S. The van der Waals surface area contributed by atoms with Crippen molar-refractivity contribution in [3.8, 4) is 0 Å². The number of allylic oxidation sites excluding steroid dienone is 1. The second-order valence-electron chi connectivity index (χ2n) is 5.60. The standard InChI is InChI=1S/C16H18ClFO4S/c1-2-10-4-3-5-14(15(10)16(19)20)23(21,22)9-11-6-7-12(18)8-13(11)17/h6-8,14H,2-5,9H2,1H3,(H,19,20). The number of carbonyl (C=O) groups is 1. The van der Waals surface area contributed by atoms with Gasteiger partial charge in [0.15, 0.2) is 9.84 Å². The molecule has 126 valence electrons. The number of halogens is 2. The van der Waals surface area contributed by atoms with Gasteiger partial charge in [0.05, 0.1) is 16.6 Å². The molecule has 1 N–H and O–H groups in total. The van der Waals surface area contributed by atoms with Crippen molar-refractivity contribution in [1.29, 1.82) is 0 Å². The molecule has 1 aromatic rings. The van der Waals surface area contributed by atoms with Crippen LogP contribution in [0.3, 0.4) is 0 Å². The molecule has 2 rings (SSSR count). The van der Waals surface area contributed by atoms with Gasteiger partial charge in [-0.1, -0.05) is 30.2 Å². The Labute approximate surface area is 139 Å². The first-order chi connectivity index (χ1) is 10.8. The maximum absolute atomic E-state index is 13.1. The van der Waals surface area contributed by atoms with E-state index in [0.717, 1.165) is 12.1 Å². The molecule has 7 heteroatoms. The van der Waals surface area contributed by atoms with E-state index in [1.807, 2.05) is 6.92 Å². The monoisotopic (exact) mass is 360 g/mol. The van der Waals surface area contributed by atoms with E-state index in [4.69, 9.17) is 11.6 Å². The molecular weight excluding hydrogens is 343 g/mol. The summed E-state index contributed by atoms with van der Waals surface area (Å²) in [6, 6.07) is 3.52. The van der Waals surface area contributed by atoms with Gasteiger partial charge < -0.3 is 5.11 Å². The summed E-state index contributed by atoms with van der Waals surface area (Å²) >= 11 is 5.90. The molecule has 0 spiro atoms. The highest BCUT2D eigenvalue weighted by atomic mass is 35.5. The van der Waals surface area contributed by atoms with Crippen molar-refractivity contribution >= 4 is 27.4 Å². The first kappa shape index (κ1) is 17.9. The van der Waals surface area contributed by atoms with Crippen LogP contribution >= 0.6 is 11.6 Å². The van der Waals surface area contributed by atoms with Crippen LogP contribution in [-0.4, -0.2) is 24.7 Å². The molecule has 0 aromatic heterocycles. The first-order valence-corrected chi connectivity index (χ1v) is 9.46. The lowest BCUT2D eigenvalue weighted by Crippen LogP contribution is -2.32. The van der Waals surface area contributed by atoms with Crippen LogP contribution in [0.25, 0.3) is 0 Å². The second kappa shape index (κ2) is 7.01. The summed E-state index contributed by atoms with van der Waals surface area (Å²) in [6.45, 7) is 1.82. The van der Waals surface area contributed by atoms with Crippen LogP contribution in [0.4, 0.5) is 4.39 Å². The first-order valence-electron chi connectivity index (χ1n) is 7.37. The van der Waals surface area contributed by atoms with Gasteiger partial charge in [-0.25, -0.2) is 17.6 Å². The largest absolute Gasteiger partial charge is 0.478 e. The highest BCUT2D eigenvalue weighted by Gasteiger charge is 2.37. The minimum atomic E-state index is -3.75. The van der Waals surface area contributed by atoms with Gasteiger partial charge >= 0.3 is 5.97 Å². The Morgan fingerprint density at radius 3 is 2.70 bits per heavy atom. The summed E-state index contributed by atoms with van der Waals surface area (Å²) in [7, 11) is -3.75. The molecule has 0 radical (unpaired) electrons. The van der Waals surface area contributed by atoms with E-state index in [0.29, 0.717) is 24.8 Å². The fourth-order valence-electron chi connectivity index (χ4n) is 2.98. The molecule has 1 atom stereocenters. The van der Waals surface area contributed by atoms with E-state index in [1.54, 1.807) is 0 Å². The number of sulfone groups is 1. The van der Waals surface area contributed by atoms with Gasteiger partial charge in [-0.05, 0) is 43.4 Å². The zero-order chi connectivity index (χ0) is 17.2. The zero-order valence-electron chi connectivity index (χ0n) is 12.7. The number of benzene rings is 1. The lowest BCUT2D eigenvalue weighted by Gasteiger charge is -2.26. The van der Waals surface area contributed by atoms with Crippen molar-refractivity contribution in [2.75, 3.05) is 0 Å². The minimum Gasteiger partial charge on any atom is -0.478 e. The molecule has 1 aromatic carbocycles. The van der Waals surface area contributed by atoms with Gasteiger partial charge in [-0.2, -0.15) is 0 Å². The van der Waals surface area contributed by atoms with Crippen LogP contribution in [0.2, 0.25) is 5.02 Å². The molecule has 0 saturated heterocycles. The number of hydrogen-bond acceptors (Lipinski definition) is 3. The Bertz CT molecular complexity index is 755. The number of carboxylic acids is 1. The van der Waals surface area contributed by atoms with E-state index < -0.39 is 32.6 Å². The molecule has 1 aliphatic carbocycles. The Morgan fingerprint density at radius 2 is 2.13 bits per heavy atom. The quantitative estimate of drug-likeness (QED) is 0.868. The van der Waals surface area contributed by atoms with E-state index >= 15 is 0 Å². The van der Waals surface area contributed by atoms with Gasteiger partial charge in [0, 0.05) is 5.02 Å². The van der Waals surface area contributed by atoms with Crippen LogP contribution in [0.15, 0.2) is 29.3 Å². The second-order valence-corrected chi connectivity index (χ2v) is 8.19. The summed E-state index contributed by atoms with van der Waals surface area (Å²) in [4.78, 5) is 11.5. The summed E-state index contributed by atoms with van der Waals surface area (Å²) in [5.41, 5.74) is 0.959. The molecule has 0 saturated carbocycles. The maximum atomic E-state index is 13.1. The third kappa shape index (κ3) is 3.93. The van der Waals surface area contributed by atoms with Gasteiger partial charge in [0.1, 0.15) is 5.82 Å². The summed E-state index contributed by atoms with van der Waals surface area (Å²) < 4.78 is 38.5. The lowest BCUT2D eigenvalue weighted by molar-refractivity contribution is -0.132. The molecule has 0 heterocycles. The zero-order valence-corrected chi connectivity index (χ0v) is 14.3. The summed E-state index contributed by atoms with van der Waals surface area (Å²) in [5, 5.41) is 8.42. The van der Waals surface area contributed by atoms with Gasteiger partial charge in [-0.3, -0.25) is 0 Å². The average Bonchev–Trinajstić information content (AvgIpc) is 2.49. The van der Waals surface area contributed by atoms with Crippen LogP contribution in [0.5, 0.6) is 0 Å². The third-order valence-corrected chi connectivity index (χ3v) is 6.51. The molecule has 4 nitrogen and oxygen atoms in total. The van der Waals surface area contributed by atoms with Crippen molar-refractivity contribution in [3.63, 3.8) is 0 Å². The van der Waals surface area contributed by atoms with Crippen molar-refractivity contribution in [2.45, 2.75) is 43.6 Å². The number of hydrogen-bond donors (Lipinski definition) is 1. The number of rotatable bonds is 5. The third-order valence-electron chi connectivity index (χ3n) is 4.11. The molecule has 0 bridgehead atoms. The Kier molecular flexibility index (Phi) is 5.47. The van der Waals surface area contributed by atoms with Crippen LogP contribution in [-0.2, 0) is 20.4 Å². The highest BCUT2D eigenvalue weighted by Crippen LogP contribution is 2.34. The van der Waals surface area contributed by atoms with Gasteiger partial charge in [-0.15, -0.1) is 0 Å². The van der Waals surface area contributed by atoms with E-state index in [9.17, 15) is 22.7 Å². The smallest absolute Gasteiger partial charge is 0.332 e. The van der Waals surface area contributed by atoms with Crippen molar-refractivity contribution in [3.05, 3.63) is 45.7 Å². The summed E-state index contributed by atoms with van der Waals surface area (Å²) in [5.74, 6) is -2.13. The Morgan fingerprint density at radius 1 is 1.43 bits per heavy atom. The van der Waals surface area contributed by atoms with E-state index in [-0.39, 0.29) is 22.6 Å². The van der Waals surface area contributed by atoms with Crippen molar-refractivity contribution in [2.24, 2.45) is 0 Å². The SMILES string of the molecule is CCC1=C(C(=O)O)C(S(=O)(=O)Cc2ccc(F)cc2Cl)CCC1. The minimum absolute atomic E-state index is 0.00279. The van der Waals surface area contributed by atoms with Gasteiger partial charge in [0.2, 0.25) is 0 Å². The van der Waals surface area contributed by atoms with Crippen molar-refractivity contribution in [1.82, 2.24) is 0 Å². The Hall–Kier alpha value is -1.40. The molecule has 0 fully saturated rings. The normalized spacial score (nSPS) is 19.0. The van der Waals surface area contributed by atoms with Crippen LogP contribution in [0.1, 0.15) is 38.2 Å². The molecule has 0 amide bonds. The van der Waals surface area contributed by atoms with Crippen LogP contribution in [0, 0.1) is 5.82 Å². The summed E-state index contributed by atoms with van der Waals surface area (Å²) in [6.07, 6.45) is 2.06. The highest BCUT2D eigenvalue weighted by molar-refractivity contribution is 7.91. The molecule has 1 aliphatic rings. The fraction of sp³-hybridized carbons (Fsp3) is 0.438. The average molecular weight is 361 g/mol. The Balaban J connectivity index is 2.40. The van der Waals surface area contributed by atoms with Gasteiger partial charge in [0.25, 0.3) is 0 Å². The fourth-order valence-corrected chi connectivity index (χ4v) is 5.33. The topological polar surface area (TPSA) is 71.4 Å². The lowest BCUT2D eigenvalue weighted by atomic mass is 9.90. The van der Waals surface area contributed by atoms with E-state index in [2.05, 4.69) is 0 Å².